The Morgan fingerprint density at radius 3 is 2.26 bits per heavy atom. The van der Waals surface area contributed by atoms with Crippen LogP contribution in [0.1, 0.15) is 5.56 Å². The molecule has 1 N–H and O–H groups in total. The Kier molecular flexibility index (Phi) is 4.12. The molecule has 0 saturated heterocycles. The number of hydrogen-bond acceptors (Lipinski definition) is 6. The summed E-state index contributed by atoms with van der Waals surface area (Å²) in [6.45, 7) is 0.573. The molecule has 0 aliphatic carbocycles. The molecular formula is C13H16N2O4. The second-order valence-electron chi connectivity index (χ2n) is 3.77. The molecule has 2 aromatic rings. The smallest absolute Gasteiger partial charge is 0.203 e. The molecule has 0 radical (unpaired) electrons. The maximum absolute atomic E-state index is 5.29. The van der Waals surface area contributed by atoms with Gasteiger partial charge in [-0.3, -0.25) is 0 Å². The van der Waals surface area contributed by atoms with Crippen molar-refractivity contribution in [1.29, 1.82) is 0 Å². The molecule has 2 rings (SSSR count). The summed E-state index contributed by atoms with van der Waals surface area (Å²) < 4.78 is 20.6. The van der Waals surface area contributed by atoms with E-state index in [1.807, 2.05) is 12.1 Å². The molecular weight excluding hydrogens is 248 g/mol. The minimum absolute atomic E-state index is 0.573. The molecule has 1 heterocycles. The Balaban J connectivity index is 2.20. The van der Waals surface area contributed by atoms with Gasteiger partial charge in [0.2, 0.25) is 5.75 Å². The standard InChI is InChI=1S/C13H16N2O4/c1-16-10-6-9(7-11(17-2)13(10)18-3)8-14-12-4-5-19-15-12/h4-7H,8H2,1-3H3,(H,14,15). The third-order valence-corrected chi connectivity index (χ3v) is 2.64. The van der Waals surface area contributed by atoms with E-state index in [0.717, 1.165) is 5.56 Å². The third kappa shape index (κ3) is 2.90. The second-order valence-corrected chi connectivity index (χ2v) is 3.77. The zero-order chi connectivity index (χ0) is 13.7. The van der Waals surface area contributed by atoms with E-state index in [1.165, 1.54) is 6.26 Å². The van der Waals surface area contributed by atoms with E-state index in [9.17, 15) is 0 Å². The SMILES string of the molecule is COc1cc(CNc2ccon2)cc(OC)c1OC. The molecule has 0 atom stereocenters. The Morgan fingerprint density at radius 2 is 1.79 bits per heavy atom. The van der Waals surface area contributed by atoms with Gasteiger partial charge in [-0.05, 0) is 17.7 Å². The number of nitrogens with zero attached hydrogens (tertiary/aromatic N) is 1. The predicted molar refractivity (Wildman–Crippen MR) is 69.9 cm³/mol. The summed E-state index contributed by atoms with van der Waals surface area (Å²) in [5.41, 5.74) is 0.984. The van der Waals surface area contributed by atoms with Gasteiger partial charge in [0.15, 0.2) is 17.3 Å². The number of nitrogens with one attached hydrogen (secondary N) is 1. The van der Waals surface area contributed by atoms with E-state index in [4.69, 9.17) is 18.7 Å². The van der Waals surface area contributed by atoms with Crippen LogP contribution in [0.15, 0.2) is 29.0 Å². The van der Waals surface area contributed by atoms with E-state index in [-0.39, 0.29) is 0 Å². The molecule has 102 valence electrons. The second kappa shape index (κ2) is 5.99. The lowest BCUT2D eigenvalue weighted by atomic mass is 10.2. The van der Waals surface area contributed by atoms with Crippen molar-refractivity contribution < 1.29 is 18.7 Å². The van der Waals surface area contributed by atoms with Crippen LogP contribution in [0.25, 0.3) is 0 Å². The first-order valence-electron chi connectivity index (χ1n) is 5.71. The molecule has 6 nitrogen and oxygen atoms in total. The molecule has 0 saturated carbocycles. The van der Waals surface area contributed by atoms with Crippen LogP contribution in [0.4, 0.5) is 5.82 Å². The highest BCUT2D eigenvalue weighted by Gasteiger charge is 2.13. The molecule has 0 bridgehead atoms. The number of ether oxygens (including phenoxy) is 3. The minimum Gasteiger partial charge on any atom is -0.493 e. The summed E-state index contributed by atoms with van der Waals surface area (Å²) >= 11 is 0. The van der Waals surface area contributed by atoms with Gasteiger partial charge in [-0.2, -0.15) is 0 Å². The Bertz CT molecular complexity index is 500. The van der Waals surface area contributed by atoms with Gasteiger partial charge in [-0.15, -0.1) is 0 Å². The van der Waals surface area contributed by atoms with Crippen molar-refractivity contribution in [2.75, 3.05) is 26.6 Å². The maximum atomic E-state index is 5.29. The van der Waals surface area contributed by atoms with Crippen molar-refractivity contribution in [3.63, 3.8) is 0 Å². The minimum atomic E-state index is 0.573. The summed E-state index contributed by atoms with van der Waals surface area (Å²) in [5.74, 6) is 2.50. The number of rotatable bonds is 6. The number of methoxy groups -OCH3 is 3. The average Bonchev–Trinajstić information content (AvgIpc) is 2.97. The lowest BCUT2D eigenvalue weighted by Crippen LogP contribution is -2.02. The van der Waals surface area contributed by atoms with Crippen molar-refractivity contribution in [3.8, 4) is 17.2 Å². The van der Waals surface area contributed by atoms with Gasteiger partial charge in [-0.25, -0.2) is 0 Å². The van der Waals surface area contributed by atoms with E-state index in [1.54, 1.807) is 27.4 Å². The first-order chi connectivity index (χ1) is 9.28. The van der Waals surface area contributed by atoms with Crippen LogP contribution in [0.5, 0.6) is 17.2 Å². The Morgan fingerprint density at radius 1 is 1.11 bits per heavy atom. The fraction of sp³-hybridized carbons (Fsp3) is 0.308. The van der Waals surface area contributed by atoms with Crippen LogP contribution < -0.4 is 19.5 Å². The van der Waals surface area contributed by atoms with Crippen LogP contribution in [-0.4, -0.2) is 26.5 Å². The van der Waals surface area contributed by atoms with Crippen LogP contribution in [-0.2, 0) is 6.54 Å². The molecule has 0 aliphatic rings. The van der Waals surface area contributed by atoms with Crippen LogP contribution >= 0.6 is 0 Å². The first kappa shape index (κ1) is 13.1. The molecule has 1 aromatic carbocycles. The normalized spacial score (nSPS) is 10.1. The van der Waals surface area contributed by atoms with Crippen molar-refractivity contribution >= 4 is 5.82 Å². The molecule has 19 heavy (non-hydrogen) atoms. The lowest BCUT2D eigenvalue weighted by Gasteiger charge is -2.14. The summed E-state index contributed by atoms with van der Waals surface area (Å²) in [6.07, 6.45) is 1.51. The number of anilines is 1. The number of aromatic nitrogens is 1. The molecule has 0 aliphatic heterocycles. The molecule has 0 amide bonds. The maximum Gasteiger partial charge on any atom is 0.203 e. The Hall–Kier alpha value is -2.37. The van der Waals surface area contributed by atoms with E-state index >= 15 is 0 Å². The monoisotopic (exact) mass is 264 g/mol. The van der Waals surface area contributed by atoms with Crippen LogP contribution in [0.3, 0.4) is 0 Å². The average molecular weight is 264 g/mol. The topological polar surface area (TPSA) is 65.8 Å². The Labute approximate surface area is 111 Å². The van der Waals surface area contributed by atoms with Gasteiger partial charge in [0.05, 0.1) is 21.3 Å². The molecule has 1 aromatic heterocycles. The first-order valence-corrected chi connectivity index (χ1v) is 5.71. The van der Waals surface area contributed by atoms with Crippen molar-refractivity contribution in [3.05, 3.63) is 30.0 Å². The van der Waals surface area contributed by atoms with Crippen molar-refractivity contribution in [1.82, 2.24) is 5.16 Å². The lowest BCUT2D eigenvalue weighted by molar-refractivity contribution is 0.324. The summed E-state index contributed by atoms with van der Waals surface area (Å²) in [4.78, 5) is 0. The highest BCUT2D eigenvalue weighted by molar-refractivity contribution is 5.54. The highest BCUT2D eigenvalue weighted by Crippen LogP contribution is 2.38. The van der Waals surface area contributed by atoms with Crippen molar-refractivity contribution in [2.24, 2.45) is 0 Å². The largest absolute Gasteiger partial charge is 0.493 e. The van der Waals surface area contributed by atoms with Gasteiger partial charge in [0.1, 0.15) is 6.26 Å². The van der Waals surface area contributed by atoms with Crippen molar-refractivity contribution in [2.45, 2.75) is 6.54 Å². The van der Waals surface area contributed by atoms with E-state index in [0.29, 0.717) is 29.6 Å². The summed E-state index contributed by atoms with van der Waals surface area (Å²) in [6, 6.07) is 5.51. The molecule has 0 unspecified atom stereocenters. The molecule has 0 spiro atoms. The molecule has 0 fully saturated rings. The summed E-state index contributed by atoms with van der Waals surface area (Å²) in [5, 5.41) is 6.90. The highest BCUT2D eigenvalue weighted by atomic mass is 16.5. The van der Waals surface area contributed by atoms with Gasteiger partial charge in [-0.1, -0.05) is 5.16 Å². The third-order valence-electron chi connectivity index (χ3n) is 2.64. The predicted octanol–water partition coefficient (Wildman–Crippen LogP) is 2.31. The van der Waals surface area contributed by atoms with Gasteiger partial charge in [0.25, 0.3) is 0 Å². The summed E-state index contributed by atoms with van der Waals surface area (Å²) in [7, 11) is 4.76. The number of hydrogen-bond donors (Lipinski definition) is 1. The van der Waals surface area contributed by atoms with Gasteiger partial charge < -0.3 is 24.1 Å². The zero-order valence-electron chi connectivity index (χ0n) is 11.1. The molecule has 6 heteroatoms. The van der Waals surface area contributed by atoms with E-state index < -0.39 is 0 Å². The number of benzene rings is 1. The van der Waals surface area contributed by atoms with E-state index in [2.05, 4.69) is 10.5 Å². The fourth-order valence-electron chi connectivity index (χ4n) is 1.73. The van der Waals surface area contributed by atoms with Gasteiger partial charge >= 0.3 is 0 Å². The van der Waals surface area contributed by atoms with Crippen LogP contribution in [0.2, 0.25) is 0 Å². The van der Waals surface area contributed by atoms with Gasteiger partial charge in [0, 0.05) is 12.6 Å². The van der Waals surface area contributed by atoms with Crippen LogP contribution in [0, 0.1) is 0 Å². The quantitative estimate of drug-likeness (QED) is 0.863. The fourth-order valence-corrected chi connectivity index (χ4v) is 1.73. The zero-order valence-corrected chi connectivity index (χ0v) is 11.1.